The number of hydrogen-bond acceptors (Lipinski definition) is 7. The van der Waals surface area contributed by atoms with Crippen LogP contribution in [-0.2, 0) is 11.3 Å². The van der Waals surface area contributed by atoms with E-state index in [0.717, 1.165) is 23.0 Å². The van der Waals surface area contributed by atoms with Gasteiger partial charge in [-0.05, 0) is 49.7 Å². The van der Waals surface area contributed by atoms with Gasteiger partial charge in [0.2, 0.25) is 5.91 Å². The number of nitro groups is 1. The standard InChI is InChI=1S/C26H23FN6O4S/c1-16-6-5-7-19(12-16)32-23(14-28-25(35)18-11-10-17(2)22(13-18)33(36)37)30-31-26(32)38-15-24(34)29-21-9-4-3-8-20(21)27/h3-13H,14-15H2,1-2H3,(H,28,35)(H,29,34). The first-order valence-electron chi connectivity index (χ1n) is 11.4. The lowest BCUT2D eigenvalue weighted by Gasteiger charge is -2.12. The fraction of sp³-hybridized carbons (Fsp3) is 0.154. The van der Waals surface area contributed by atoms with Crippen molar-refractivity contribution in [1.29, 1.82) is 0 Å². The molecule has 0 aliphatic heterocycles. The van der Waals surface area contributed by atoms with Crippen LogP contribution in [0.15, 0.2) is 71.9 Å². The van der Waals surface area contributed by atoms with E-state index in [1.54, 1.807) is 17.6 Å². The number of hydrogen-bond donors (Lipinski definition) is 2. The van der Waals surface area contributed by atoms with Gasteiger partial charge in [-0.15, -0.1) is 10.2 Å². The van der Waals surface area contributed by atoms with Crippen LogP contribution in [0.3, 0.4) is 0 Å². The lowest BCUT2D eigenvalue weighted by atomic mass is 10.1. The van der Waals surface area contributed by atoms with Crippen LogP contribution < -0.4 is 10.6 Å². The Balaban J connectivity index is 1.53. The second-order valence-electron chi connectivity index (χ2n) is 8.33. The lowest BCUT2D eigenvalue weighted by molar-refractivity contribution is -0.385. The number of nitrogens with one attached hydrogen (secondary N) is 2. The van der Waals surface area contributed by atoms with Gasteiger partial charge in [0.05, 0.1) is 22.9 Å². The molecule has 0 bridgehead atoms. The zero-order valence-electron chi connectivity index (χ0n) is 20.5. The average molecular weight is 535 g/mol. The van der Waals surface area contributed by atoms with Gasteiger partial charge in [0.15, 0.2) is 11.0 Å². The Morgan fingerprint density at radius 2 is 1.84 bits per heavy atom. The number of nitrogens with zero attached hydrogens (tertiary/aromatic N) is 4. The third kappa shape index (κ3) is 6.21. The Hall–Kier alpha value is -4.58. The minimum atomic E-state index is -0.536. The molecule has 12 heteroatoms. The molecule has 0 spiro atoms. The van der Waals surface area contributed by atoms with Crippen LogP contribution in [0.5, 0.6) is 0 Å². The summed E-state index contributed by atoms with van der Waals surface area (Å²) in [4.78, 5) is 35.9. The number of aryl methyl sites for hydroxylation is 2. The van der Waals surface area contributed by atoms with Gasteiger partial charge >= 0.3 is 0 Å². The van der Waals surface area contributed by atoms with Gasteiger partial charge in [-0.1, -0.05) is 42.1 Å². The molecule has 2 amide bonds. The molecule has 4 aromatic rings. The molecule has 2 N–H and O–H groups in total. The SMILES string of the molecule is Cc1cccc(-n2c(CNC(=O)c3ccc(C)c([N+](=O)[O-])c3)nnc2SCC(=O)Nc2ccccc2F)c1. The number of amides is 2. The first kappa shape index (κ1) is 26.5. The Bertz CT molecular complexity index is 1520. The van der Waals surface area contributed by atoms with E-state index < -0.39 is 22.6 Å². The zero-order valence-corrected chi connectivity index (χ0v) is 21.3. The maximum absolute atomic E-state index is 13.9. The molecule has 0 aliphatic rings. The van der Waals surface area contributed by atoms with E-state index in [1.165, 1.54) is 36.4 Å². The van der Waals surface area contributed by atoms with Crippen molar-refractivity contribution in [2.75, 3.05) is 11.1 Å². The van der Waals surface area contributed by atoms with Gasteiger partial charge in [0.25, 0.3) is 11.6 Å². The summed E-state index contributed by atoms with van der Waals surface area (Å²) in [5.41, 5.74) is 2.23. The summed E-state index contributed by atoms with van der Waals surface area (Å²) < 4.78 is 15.6. The number of benzene rings is 3. The molecule has 0 saturated heterocycles. The van der Waals surface area contributed by atoms with Crippen molar-refractivity contribution in [3.8, 4) is 5.69 Å². The number of carbonyl (C=O) groups is 2. The zero-order chi connectivity index (χ0) is 27.2. The lowest BCUT2D eigenvalue weighted by Crippen LogP contribution is -2.25. The Morgan fingerprint density at radius 3 is 2.58 bits per heavy atom. The minimum Gasteiger partial charge on any atom is -0.345 e. The van der Waals surface area contributed by atoms with Gasteiger partial charge in [-0.2, -0.15) is 0 Å². The van der Waals surface area contributed by atoms with Crippen molar-refractivity contribution in [3.63, 3.8) is 0 Å². The molecule has 1 heterocycles. The molecule has 0 fully saturated rings. The van der Waals surface area contributed by atoms with E-state index in [4.69, 9.17) is 0 Å². The average Bonchev–Trinajstić information content (AvgIpc) is 3.30. The normalized spacial score (nSPS) is 10.7. The monoisotopic (exact) mass is 534 g/mol. The number of nitro benzene ring substituents is 1. The second kappa shape index (κ2) is 11.6. The molecular formula is C26H23FN6O4S. The van der Waals surface area contributed by atoms with Crippen LogP contribution >= 0.6 is 11.8 Å². The van der Waals surface area contributed by atoms with Crippen molar-refractivity contribution >= 4 is 35.0 Å². The highest BCUT2D eigenvalue weighted by Crippen LogP contribution is 2.24. The van der Waals surface area contributed by atoms with Gasteiger partial charge in [-0.25, -0.2) is 4.39 Å². The molecule has 10 nitrogen and oxygen atoms in total. The number of carbonyl (C=O) groups excluding carboxylic acids is 2. The third-order valence-electron chi connectivity index (χ3n) is 5.52. The van der Waals surface area contributed by atoms with Crippen LogP contribution in [0.2, 0.25) is 0 Å². The largest absolute Gasteiger partial charge is 0.345 e. The second-order valence-corrected chi connectivity index (χ2v) is 9.27. The van der Waals surface area contributed by atoms with Crippen molar-refractivity contribution in [2.45, 2.75) is 25.5 Å². The summed E-state index contributed by atoms with van der Waals surface area (Å²) in [5, 5.41) is 25.3. The minimum absolute atomic E-state index is 0.0244. The van der Waals surface area contributed by atoms with Gasteiger partial charge < -0.3 is 10.6 Å². The Morgan fingerprint density at radius 1 is 1.05 bits per heavy atom. The van der Waals surface area contributed by atoms with E-state index in [9.17, 15) is 24.1 Å². The number of thioether (sulfide) groups is 1. The van der Waals surface area contributed by atoms with Gasteiger partial charge in [-0.3, -0.25) is 24.3 Å². The number of aromatic nitrogens is 3. The number of para-hydroxylation sites is 1. The fourth-order valence-electron chi connectivity index (χ4n) is 3.62. The molecule has 0 unspecified atom stereocenters. The third-order valence-corrected chi connectivity index (χ3v) is 6.44. The van der Waals surface area contributed by atoms with E-state index in [-0.39, 0.29) is 29.2 Å². The molecule has 38 heavy (non-hydrogen) atoms. The summed E-state index contributed by atoms with van der Waals surface area (Å²) in [6, 6.07) is 17.7. The molecular weight excluding hydrogens is 511 g/mol. The molecule has 4 rings (SSSR count). The van der Waals surface area contributed by atoms with Crippen molar-refractivity contribution < 1.29 is 18.9 Å². The fourth-order valence-corrected chi connectivity index (χ4v) is 4.39. The summed E-state index contributed by atoms with van der Waals surface area (Å²) in [5.74, 6) is -1.13. The number of halogens is 1. The van der Waals surface area contributed by atoms with Crippen LogP contribution in [0.4, 0.5) is 15.8 Å². The van der Waals surface area contributed by atoms with E-state index in [1.807, 2.05) is 31.2 Å². The predicted molar refractivity (Wildman–Crippen MR) is 141 cm³/mol. The summed E-state index contributed by atoms with van der Waals surface area (Å²) in [6.07, 6.45) is 0. The summed E-state index contributed by atoms with van der Waals surface area (Å²) in [6.45, 7) is 3.50. The first-order chi connectivity index (χ1) is 18.2. The summed E-state index contributed by atoms with van der Waals surface area (Å²) >= 11 is 1.11. The Kier molecular flexibility index (Phi) is 8.12. The smallest absolute Gasteiger partial charge is 0.273 e. The maximum atomic E-state index is 13.9. The van der Waals surface area contributed by atoms with Crippen molar-refractivity contribution in [2.24, 2.45) is 0 Å². The van der Waals surface area contributed by atoms with Crippen molar-refractivity contribution in [1.82, 2.24) is 20.1 Å². The highest BCUT2D eigenvalue weighted by atomic mass is 32.2. The van der Waals surface area contributed by atoms with Crippen LogP contribution in [-0.4, -0.2) is 37.3 Å². The molecule has 0 atom stereocenters. The van der Waals surface area contributed by atoms with Gasteiger partial charge in [0, 0.05) is 22.9 Å². The molecule has 0 aliphatic carbocycles. The highest BCUT2D eigenvalue weighted by molar-refractivity contribution is 7.99. The predicted octanol–water partition coefficient (Wildman–Crippen LogP) is 4.59. The van der Waals surface area contributed by atoms with E-state index in [2.05, 4.69) is 20.8 Å². The van der Waals surface area contributed by atoms with E-state index in [0.29, 0.717) is 16.5 Å². The molecule has 1 aromatic heterocycles. The van der Waals surface area contributed by atoms with E-state index >= 15 is 0 Å². The van der Waals surface area contributed by atoms with Gasteiger partial charge in [0.1, 0.15) is 5.82 Å². The first-order valence-corrected chi connectivity index (χ1v) is 12.4. The highest BCUT2D eigenvalue weighted by Gasteiger charge is 2.19. The Labute approximate surface area is 221 Å². The number of rotatable bonds is 9. The van der Waals surface area contributed by atoms with Crippen molar-refractivity contribution in [3.05, 3.63) is 105 Å². The topological polar surface area (TPSA) is 132 Å². The summed E-state index contributed by atoms with van der Waals surface area (Å²) in [7, 11) is 0. The molecule has 194 valence electrons. The maximum Gasteiger partial charge on any atom is 0.273 e. The molecule has 0 radical (unpaired) electrons. The van der Waals surface area contributed by atoms with Crippen LogP contribution in [0.25, 0.3) is 5.69 Å². The molecule has 3 aromatic carbocycles. The quantitative estimate of drug-likeness (QED) is 0.182. The van der Waals surface area contributed by atoms with Crippen LogP contribution in [0, 0.1) is 29.8 Å². The van der Waals surface area contributed by atoms with Crippen LogP contribution in [0.1, 0.15) is 27.3 Å². The molecule has 0 saturated carbocycles. The number of anilines is 1.